The fourth-order valence-corrected chi connectivity index (χ4v) is 13.6. The number of nitrogens with one attached hydrogen (secondary N) is 4. The number of methoxy groups -OCH3 is 1. The van der Waals surface area contributed by atoms with Crippen LogP contribution < -0.4 is 28.4 Å². The van der Waals surface area contributed by atoms with Crippen LogP contribution in [0.5, 0.6) is 34.6 Å². The third-order valence-electron chi connectivity index (χ3n) is 17.2. The number of aromatic amines is 2. The molecule has 2 saturated carbocycles. The Hall–Kier alpha value is -10.5. The van der Waals surface area contributed by atoms with Gasteiger partial charge in [-0.05, 0) is 154 Å². The first-order valence-corrected chi connectivity index (χ1v) is 33.1. The number of H-pyrrole nitrogens is 2. The second-order valence-electron chi connectivity index (χ2n) is 25.0. The van der Waals surface area contributed by atoms with Gasteiger partial charge in [-0.25, -0.2) is 33.9 Å². The Morgan fingerprint density at radius 3 is 2.05 bits per heavy atom. The molecule has 9 aromatic rings. The molecule has 5 unspecified atom stereocenters. The standard InChI is InChI=1S/C36H31Cl2N5O7.C34H39N5O8S/c1-18-9-4-5-10-19(2)30(18)49-36(48)28-29(39-3)34(50-35(47)27-23(37)12-8-13-24(27)38)43-32(28)41-31(42-43)21-11-6-7-14-25(21)40-33(46)22-17-20(44)15-16-26(22)45;1-18-9-11-26(46-34(5,6)33(41)42)27(15-18)47-48(43)38-23-16-22(10-12-25(23)44-8)30-36-31-28(24(35-7)17-39(31)37-30)32(40)45-29-20(3)13-19(2)14-21(29)4/h6-8,11-19,30,44-45H,4-5,9-10H2,1-2H3,(H,40,46)(H,41,42);9-12,15-17,19-21,29,38H,13-14H2,1-6,8H3,(H,36,37)(H,41,42). The van der Waals surface area contributed by atoms with Gasteiger partial charge in [-0.2, -0.15) is 8.72 Å². The first-order chi connectivity index (χ1) is 46.7. The number of aromatic nitrogens is 6. The number of hydrogen-bond donors (Lipinski definition) is 7. The van der Waals surface area contributed by atoms with Gasteiger partial charge in [0.15, 0.2) is 34.4 Å². The van der Waals surface area contributed by atoms with E-state index in [2.05, 4.69) is 60.7 Å². The number of esters is 3. The van der Waals surface area contributed by atoms with Crippen LogP contribution in [0.4, 0.5) is 22.7 Å². The van der Waals surface area contributed by atoms with Gasteiger partial charge in [-0.1, -0.05) is 94.9 Å². The molecule has 1 amide bonds. The summed E-state index contributed by atoms with van der Waals surface area (Å²) >= 11 is 10.4. The number of nitrogens with zero attached hydrogens (tertiary/aromatic N) is 6. The molecule has 0 saturated heterocycles. The van der Waals surface area contributed by atoms with E-state index in [1.165, 1.54) is 55.9 Å². The lowest BCUT2D eigenvalue weighted by Crippen LogP contribution is -2.38. The van der Waals surface area contributed by atoms with E-state index in [0.29, 0.717) is 34.3 Å². The molecule has 0 bridgehead atoms. The summed E-state index contributed by atoms with van der Waals surface area (Å²) in [6.45, 7) is 30.7. The number of anilines is 2. The smallest absolute Gasteiger partial charge is 0.347 e. The molecule has 28 heteroatoms. The Morgan fingerprint density at radius 2 is 1.40 bits per heavy atom. The Bertz CT molecular complexity index is 4650. The number of carboxylic acid groups (broad SMARTS) is 1. The van der Waals surface area contributed by atoms with Gasteiger partial charge < -0.3 is 53.5 Å². The van der Waals surface area contributed by atoms with Crippen molar-refractivity contribution >= 4 is 98.3 Å². The summed E-state index contributed by atoms with van der Waals surface area (Å²) in [6.07, 6.45) is 6.53. The van der Waals surface area contributed by atoms with Gasteiger partial charge in [0.2, 0.25) is 11.6 Å². The second kappa shape index (κ2) is 29.4. The zero-order valence-electron chi connectivity index (χ0n) is 54.7. The number of rotatable bonds is 18. The predicted molar refractivity (Wildman–Crippen MR) is 366 cm³/mol. The van der Waals surface area contributed by atoms with E-state index in [1.807, 2.05) is 13.8 Å². The van der Waals surface area contributed by atoms with Gasteiger partial charge >= 0.3 is 35.1 Å². The summed E-state index contributed by atoms with van der Waals surface area (Å²) in [6, 6.07) is 24.5. The number of halogens is 2. The maximum Gasteiger partial charge on any atom is 0.347 e. The average Bonchev–Trinajstić information content (AvgIpc) is 1.59. The molecule has 4 heterocycles. The summed E-state index contributed by atoms with van der Waals surface area (Å²) in [5.41, 5.74) is 0.292. The van der Waals surface area contributed by atoms with Crippen molar-refractivity contribution in [1.29, 1.82) is 0 Å². The first kappa shape index (κ1) is 70.3. The summed E-state index contributed by atoms with van der Waals surface area (Å²) < 4.78 is 53.3. The molecule has 11 rings (SSSR count). The third kappa shape index (κ3) is 15.0. The number of phenols is 2. The number of aryl methyl sites for hydroxylation is 1. The lowest BCUT2D eigenvalue weighted by molar-refractivity contribution is -0.152. The number of phenolic OH excluding ortho intramolecular Hbond substituents is 2. The zero-order chi connectivity index (χ0) is 70.6. The molecule has 2 fully saturated rings. The number of hydrogen-bond acceptors (Lipinski definition) is 16. The maximum atomic E-state index is 14.1. The summed E-state index contributed by atoms with van der Waals surface area (Å²) in [5.74, 6) is -3.11. The van der Waals surface area contributed by atoms with Crippen molar-refractivity contribution in [2.24, 2.45) is 29.6 Å². The topological polar surface area (TPSA) is 317 Å². The van der Waals surface area contributed by atoms with Crippen LogP contribution in [0, 0.1) is 49.7 Å². The van der Waals surface area contributed by atoms with E-state index >= 15 is 0 Å². The van der Waals surface area contributed by atoms with Crippen LogP contribution in [0.1, 0.15) is 134 Å². The highest BCUT2D eigenvalue weighted by Gasteiger charge is 2.39. The Morgan fingerprint density at radius 1 is 0.745 bits per heavy atom. The zero-order valence-corrected chi connectivity index (χ0v) is 57.0. The number of fused-ring (bicyclic) bond motifs is 2. The number of aromatic hydroxyl groups is 2. The molecule has 4 aromatic heterocycles. The normalized spacial score (nSPS) is 18.7. The monoisotopic (exact) mass is 1390 g/mol. The van der Waals surface area contributed by atoms with Gasteiger partial charge in [0.05, 0.1) is 52.8 Å². The van der Waals surface area contributed by atoms with E-state index in [4.69, 9.17) is 64.2 Å². The number of amides is 1. The number of carbonyl (C=O) groups is 5. The molecule has 98 heavy (non-hydrogen) atoms. The van der Waals surface area contributed by atoms with Crippen LogP contribution >= 0.6 is 23.2 Å². The van der Waals surface area contributed by atoms with Gasteiger partial charge in [0, 0.05) is 17.3 Å². The van der Waals surface area contributed by atoms with Crippen LogP contribution in [0.3, 0.4) is 0 Å². The van der Waals surface area contributed by atoms with Gasteiger partial charge in [-0.15, -0.1) is 5.10 Å². The Balaban J connectivity index is 0.000000213. The number of para-hydroxylation sites is 1. The molecule has 5 atom stereocenters. The molecule has 0 radical (unpaired) electrons. The lowest BCUT2D eigenvalue weighted by Gasteiger charge is -2.37. The Labute approximate surface area is 575 Å². The van der Waals surface area contributed by atoms with Crippen LogP contribution in [-0.2, 0) is 25.5 Å². The molecule has 0 spiro atoms. The number of benzene rings is 5. The minimum Gasteiger partial charge on any atom is -0.508 e. The quantitative estimate of drug-likeness (QED) is 0.0182. The van der Waals surface area contributed by atoms with E-state index in [1.54, 1.807) is 73.7 Å². The van der Waals surface area contributed by atoms with Crippen molar-refractivity contribution in [1.82, 2.24) is 29.2 Å². The highest BCUT2D eigenvalue weighted by atomic mass is 35.5. The van der Waals surface area contributed by atoms with Crippen LogP contribution in [0.2, 0.25) is 10.0 Å². The first-order valence-electron chi connectivity index (χ1n) is 31.3. The summed E-state index contributed by atoms with van der Waals surface area (Å²) in [4.78, 5) is 80.7. The van der Waals surface area contributed by atoms with Crippen molar-refractivity contribution in [3.63, 3.8) is 0 Å². The average molecular weight is 1390 g/mol. The molecule has 510 valence electrons. The van der Waals surface area contributed by atoms with Crippen molar-refractivity contribution < 1.29 is 71.4 Å². The van der Waals surface area contributed by atoms with Crippen molar-refractivity contribution in [3.8, 4) is 57.4 Å². The molecule has 5 aromatic carbocycles. The molecule has 7 N–H and O–H groups in total. The van der Waals surface area contributed by atoms with Crippen LogP contribution in [0.15, 0.2) is 103 Å². The van der Waals surface area contributed by atoms with Crippen molar-refractivity contribution in [2.45, 2.75) is 112 Å². The number of aliphatic carboxylic acids is 1. The fourth-order valence-electron chi connectivity index (χ4n) is 12.4. The second-order valence-corrected chi connectivity index (χ2v) is 26.7. The minimum absolute atomic E-state index is 0.00439. The molecule has 25 nitrogen and oxygen atoms in total. The van der Waals surface area contributed by atoms with Crippen molar-refractivity contribution in [3.05, 3.63) is 164 Å². The maximum absolute atomic E-state index is 14.1. The molecular formula is C70H70Cl2N10O15S. The van der Waals surface area contributed by atoms with Crippen LogP contribution in [-0.4, -0.2) is 103 Å². The minimum atomic E-state index is -2.18. The van der Waals surface area contributed by atoms with Gasteiger partial charge in [0.1, 0.15) is 46.2 Å². The van der Waals surface area contributed by atoms with E-state index < -0.39 is 52.8 Å². The number of ether oxygens (including phenoxy) is 5. The highest BCUT2D eigenvalue weighted by molar-refractivity contribution is 7.82. The molecular weight excluding hydrogens is 1320 g/mol. The summed E-state index contributed by atoms with van der Waals surface area (Å²) in [5, 5.41) is 40.0. The van der Waals surface area contributed by atoms with E-state index in [-0.39, 0.29) is 125 Å². The van der Waals surface area contributed by atoms with Gasteiger partial charge in [-0.3, -0.25) is 19.1 Å². The summed E-state index contributed by atoms with van der Waals surface area (Å²) in [7, 11) is 1.46. The Kier molecular flexibility index (Phi) is 21.1. The van der Waals surface area contributed by atoms with Crippen molar-refractivity contribution in [2.75, 3.05) is 17.1 Å². The van der Waals surface area contributed by atoms with E-state index in [9.17, 15) is 43.5 Å². The lowest BCUT2D eigenvalue weighted by atomic mass is 9.75. The van der Waals surface area contributed by atoms with E-state index in [0.717, 1.165) is 54.7 Å². The SMILES string of the molecule is [C-]#[N+]c1c(C(=O)OC2C(C)CCCCC2C)c2[nH]c(-c3ccccc3NC(=O)c3cc(O)ccc3O)nn2c1OC(=O)c1c(Cl)cccc1Cl.[C-]#[N+]c1cn2[nH]c(-c3ccc(OC)c(NS(=O)Oc4cc(C)ccc4OC(C)(C)C(=O)O)c3)nc2c1C(=O)OC1C(C)CC(C)CC1C. The largest absolute Gasteiger partial charge is 0.508 e. The molecule has 2 aliphatic rings. The highest BCUT2D eigenvalue weighted by Crippen LogP contribution is 2.43. The van der Waals surface area contributed by atoms with Crippen LogP contribution in [0.25, 0.3) is 43.8 Å². The number of carbonyl (C=O) groups excluding carboxylic acids is 4. The third-order valence-corrected chi connectivity index (χ3v) is 18.6. The number of carboxylic acids is 1. The van der Waals surface area contributed by atoms with Gasteiger partial charge in [0.25, 0.3) is 11.6 Å². The fraction of sp³-hybridized carbons (Fsp3) is 0.329. The molecule has 0 aliphatic heterocycles. The molecule has 2 aliphatic carbocycles. The predicted octanol–water partition coefficient (Wildman–Crippen LogP) is 15.2.